The molecule has 0 heterocycles. The van der Waals surface area contributed by atoms with E-state index in [0.717, 1.165) is 5.92 Å². The minimum absolute atomic E-state index is 0.278. The average molecular weight is 266 g/mol. The van der Waals surface area contributed by atoms with Crippen molar-refractivity contribution in [1.82, 2.24) is 0 Å². The van der Waals surface area contributed by atoms with Crippen molar-refractivity contribution >= 4 is 18.5 Å². The van der Waals surface area contributed by atoms with E-state index in [1.165, 1.54) is 17.0 Å². The fraction of sp³-hybridized carbons (Fsp3) is 0.222. The fourth-order valence-electron chi connectivity index (χ4n) is 2.77. The van der Waals surface area contributed by atoms with Gasteiger partial charge in [0.15, 0.2) is 0 Å². The maximum absolute atomic E-state index is 2.44. The lowest BCUT2D eigenvalue weighted by molar-refractivity contribution is 0.647. The molecule has 1 unspecified atom stereocenters. The summed E-state index contributed by atoms with van der Waals surface area (Å²) < 4.78 is 0. The molecule has 0 aromatic heterocycles. The predicted octanol–water partition coefficient (Wildman–Crippen LogP) is 4.08. The highest BCUT2D eigenvalue weighted by Gasteiger charge is 2.29. The monoisotopic (exact) mass is 266 g/mol. The Balaban J connectivity index is 2.04. The fourth-order valence-corrected chi connectivity index (χ4v) is 5.67. The summed E-state index contributed by atoms with van der Waals surface area (Å²) in [4.78, 5) is 0. The molecule has 1 aliphatic carbocycles. The Morgan fingerprint density at radius 1 is 0.842 bits per heavy atom. The van der Waals surface area contributed by atoms with Crippen LogP contribution in [0.4, 0.5) is 0 Å². The molecule has 0 bridgehead atoms. The molecule has 1 aliphatic rings. The van der Waals surface area contributed by atoms with Crippen LogP contribution in [0.15, 0.2) is 72.8 Å². The van der Waals surface area contributed by atoms with Crippen LogP contribution < -0.4 is 10.6 Å². The van der Waals surface area contributed by atoms with Crippen molar-refractivity contribution in [2.75, 3.05) is 0 Å². The van der Waals surface area contributed by atoms with Crippen LogP contribution in [0.2, 0.25) is 0 Å². The first-order valence-electron chi connectivity index (χ1n) is 6.92. The zero-order chi connectivity index (χ0) is 13.1. The van der Waals surface area contributed by atoms with Gasteiger partial charge in [-0.15, -0.1) is 0 Å². The van der Waals surface area contributed by atoms with Crippen LogP contribution in [-0.2, 0) is 0 Å². The summed E-state index contributed by atoms with van der Waals surface area (Å²) in [7, 11) is -0.278. The molecule has 0 spiro atoms. The molecular weight excluding hydrogens is 247 g/mol. The van der Waals surface area contributed by atoms with E-state index in [9.17, 15) is 0 Å². The van der Waals surface area contributed by atoms with Gasteiger partial charge >= 0.3 is 0 Å². The van der Waals surface area contributed by atoms with Crippen LogP contribution in [0.3, 0.4) is 0 Å². The van der Waals surface area contributed by atoms with Crippen molar-refractivity contribution < 1.29 is 0 Å². The van der Waals surface area contributed by atoms with Crippen LogP contribution in [0.25, 0.3) is 0 Å². The quantitative estimate of drug-likeness (QED) is 0.580. The van der Waals surface area contributed by atoms with Crippen LogP contribution in [0.5, 0.6) is 0 Å². The van der Waals surface area contributed by atoms with Gasteiger partial charge in [0.25, 0.3) is 0 Å². The molecule has 2 aromatic carbocycles. The molecule has 96 valence electrons. The second-order valence-corrected chi connectivity index (χ2v) is 7.54. The van der Waals surface area contributed by atoms with Gasteiger partial charge in [0, 0.05) is 5.66 Å². The van der Waals surface area contributed by atoms with Gasteiger partial charge in [-0.05, 0) is 30.9 Å². The second kappa shape index (κ2) is 5.72. The number of allylic oxidation sites excluding steroid dienone is 2. The topological polar surface area (TPSA) is 0 Å². The lowest BCUT2D eigenvalue weighted by atomic mass is 10.1. The smallest absolute Gasteiger partial charge is 0.00792 e. The standard InChI is InChI=1S/C18H19P/c1-15-9-8-14-18(15)19(16-10-4-2-5-11-16)17-12-6-3-7-13-17/h2-8,10-15,18H,9H2,1H3/t15?,18-/m1/s1. The minimum Gasteiger partial charge on any atom is -0.0876 e. The van der Waals surface area contributed by atoms with E-state index >= 15 is 0 Å². The molecule has 2 atom stereocenters. The third-order valence-electron chi connectivity index (χ3n) is 3.79. The first-order valence-corrected chi connectivity index (χ1v) is 8.33. The van der Waals surface area contributed by atoms with Crippen molar-refractivity contribution in [3.8, 4) is 0 Å². The Kier molecular flexibility index (Phi) is 3.80. The predicted molar refractivity (Wildman–Crippen MR) is 85.8 cm³/mol. The Labute approximate surface area is 116 Å². The summed E-state index contributed by atoms with van der Waals surface area (Å²) >= 11 is 0. The maximum Gasteiger partial charge on any atom is 0.00792 e. The van der Waals surface area contributed by atoms with Gasteiger partial charge in [-0.2, -0.15) is 0 Å². The summed E-state index contributed by atoms with van der Waals surface area (Å²) in [6.45, 7) is 2.38. The van der Waals surface area contributed by atoms with Crippen molar-refractivity contribution in [2.24, 2.45) is 5.92 Å². The average Bonchev–Trinajstić information content (AvgIpc) is 2.88. The Morgan fingerprint density at radius 3 is 1.79 bits per heavy atom. The Morgan fingerprint density at radius 2 is 1.37 bits per heavy atom. The molecule has 0 nitrogen and oxygen atoms in total. The highest BCUT2D eigenvalue weighted by molar-refractivity contribution is 7.73. The molecule has 19 heavy (non-hydrogen) atoms. The highest BCUT2D eigenvalue weighted by Crippen LogP contribution is 2.46. The van der Waals surface area contributed by atoms with E-state index in [1.54, 1.807) is 0 Å². The zero-order valence-corrected chi connectivity index (χ0v) is 12.1. The molecule has 1 heteroatoms. The molecule has 2 aromatic rings. The van der Waals surface area contributed by atoms with Crippen molar-refractivity contribution in [1.29, 1.82) is 0 Å². The zero-order valence-electron chi connectivity index (χ0n) is 11.2. The van der Waals surface area contributed by atoms with Gasteiger partial charge < -0.3 is 0 Å². The largest absolute Gasteiger partial charge is 0.0876 e. The lowest BCUT2D eigenvalue weighted by Gasteiger charge is -2.27. The van der Waals surface area contributed by atoms with Gasteiger partial charge in [0.2, 0.25) is 0 Å². The Bertz CT molecular complexity index is 505. The molecule has 3 rings (SSSR count). The summed E-state index contributed by atoms with van der Waals surface area (Å²) in [5, 5.41) is 2.99. The molecule has 0 N–H and O–H groups in total. The number of hydrogen-bond donors (Lipinski definition) is 0. The summed E-state index contributed by atoms with van der Waals surface area (Å²) in [5.41, 5.74) is 0.680. The third kappa shape index (κ3) is 2.65. The molecule has 0 saturated carbocycles. The number of benzene rings is 2. The van der Waals surface area contributed by atoms with Crippen molar-refractivity contribution in [3.63, 3.8) is 0 Å². The van der Waals surface area contributed by atoms with E-state index < -0.39 is 0 Å². The molecule has 0 aliphatic heterocycles. The van der Waals surface area contributed by atoms with Crippen LogP contribution in [-0.4, -0.2) is 5.66 Å². The van der Waals surface area contributed by atoms with Gasteiger partial charge in [0.05, 0.1) is 0 Å². The first-order chi connectivity index (χ1) is 9.36. The van der Waals surface area contributed by atoms with Gasteiger partial charge in [0.1, 0.15) is 0 Å². The molecular formula is C18H19P. The van der Waals surface area contributed by atoms with Crippen molar-refractivity contribution in [3.05, 3.63) is 72.8 Å². The lowest BCUT2D eigenvalue weighted by Crippen LogP contribution is -2.23. The van der Waals surface area contributed by atoms with Gasteiger partial charge in [-0.3, -0.25) is 0 Å². The number of rotatable bonds is 3. The van der Waals surface area contributed by atoms with Gasteiger partial charge in [-0.25, -0.2) is 0 Å². The first kappa shape index (κ1) is 12.6. The minimum atomic E-state index is -0.278. The molecule has 0 radical (unpaired) electrons. The van der Waals surface area contributed by atoms with Crippen molar-refractivity contribution in [2.45, 2.75) is 19.0 Å². The second-order valence-electron chi connectivity index (χ2n) is 5.17. The molecule has 0 amide bonds. The van der Waals surface area contributed by atoms with E-state index in [0.29, 0.717) is 5.66 Å². The van der Waals surface area contributed by atoms with E-state index in [1.807, 2.05) is 0 Å². The third-order valence-corrected chi connectivity index (χ3v) is 6.78. The van der Waals surface area contributed by atoms with E-state index in [-0.39, 0.29) is 7.92 Å². The SMILES string of the molecule is CC1CC=C[C@H]1P(c1ccccc1)c1ccccc1. The van der Waals surface area contributed by atoms with Crippen LogP contribution in [0, 0.1) is 5.92 Å². The summed E-state index contributed by atoms with van der Waals surface area (Å²) in [5.74, 6) is 0.756. The normalized spacial score (nSPS) is 22.0. The van der Waals surface area contributed by atoms with Gasteiger partial charge in [-0.1, -0.05) is 79.7 Å². The van der Waals surface area contributed by atoms with Crippen LogP contribution >= 0.6 is 7.92 Å². The highest BCUT2D eigenvalue weighted by atomic mass is 31.1. The van der Waals surface area contributed by atoms with E-state index in [4.69, 9.17) is 0 Å². The number of hydrogen-bond acceptors (Lipinski definition) is 0. The summed E-state index contributed by atoms with van der Waals surface area (Å²) in [6.07, 6.45) is 6.02. The molecule has 0 fully saturated rings. The Hall–Kier alpha value is -1.39. The van der Waals surface area contributed by atoms with E-state index in [2.05, 4.69) is 79.7 Å². The maximum atomic E-state index is 2.44. The summed E-state index contributed by atoms with van der Waals surface area (Å²) in [6, 6.07) is 22.0. The molecule has 0 saturated heterocycles. The van der Waals surface area contributed by atoms with Crippen LogP contribution in [0.1, 0.15) is 13.3 Å².